The van der Waals surface area contributed by atoms with Crippen molar-refractivity contribution in [3.8, 4) is 28.7 Å². The van der Waals surface area contributed by atoms with Crippen LogP contribution in [0.1, 0.15) is 5.89 Å². The largest absolute Gasteiger partial charge is 0.459 e. The second-order valence-electron chi connectivity index (χ2n) is 6.25. The summed E-state index contributed by atoms with van der Waals surface area (Å²) < 4.78 is 26.3. The molecule has 2 aromatic carbocycles. The summed E-state index contributed by atoms with van der Waals surface area (Å²) in [5.41, 5.74) is 1.66. The molecule has 0 aliphatic carbocycles. The first-order valence-corrected chi connectivity index (χ1v) is 10.0. The van der Waals surface area contributed by atoms with Gasteiger partial charge in [-0.3, -0.25) is 4.57 Å². The minimum atomic E-state index is -0.307. The Morgan fingerprint density at radius 1 is 0.867 bits per heavy atom. The average molecular weight is 419 g/mol. The predicted molar refractivity (Wildman–Crippen MR) is 108 cm³/mol. The van der Waals surface area contributed by atoms with E-state index in [1.165, 1.54) is 23.9 Å². The molecule has 0 fully saturated rings. The summed E-state index contributed by atoms with van der Waals surface area (Å²) in [6.07, 6.45) is 1.55. The molecule has 0 radical (unpaired) electrons. The molecule has 0 saturated carbocycles. The Bertz CT molecular complexity index is 1250. The predicted octanol–water partition coefficient (Wildman–Crippen LogP) is 5.01. The van der Waals surface area contributed by atoms with Crippen molar-refractivity contribution in [1.82, 2.24) is 25.0 Å². The van der Waals surface area contributed by atoms with Crippen LogP contribution in [0.5, 0.6) is 0 Å². The van der Waals surface area contributed by atoms with Gasteiger partial charge in [-0.25, -0.2) is 4.39 Å². The zero-order valence-corrected chi connectivity index (χ0v) is 16.3. The Morgan fingerprint density at radius 2 is 1.70 bits per heavy atom. The molecule has 0 atom stereocenters. The Kier molecular flexibility index (Phi) is 4.86. The van der Waals surface area contributed by atoms with Gasteiger partial charge in [0.2, 0.25) is 5.89 Å². The van der Waals surface area contributed by atoms with E-state index in [4.69, 9.17) is 8.83 Å². The number of furan rings is 1. The summed E-state index contributed by atoms with van der Waals surface area (Å²) in [5, 5.41) is 17.4. The van der Waals surface area contributed by atoms with Gasteiger partial charge in [0.1, 0.15) is 5.82 Å². The van der Waals surface area contributed by atoms with Gasteiger partial charge in [-0.15, -0.1) is 20.4 Å². The number of hydrogen-bond acceptors (Lipinski definition) is 7. The highest BCUT2D eigenvalue weighted by molar-refractivity contribution is 7.98. The fourth-order valence-corrected chi connectivity index (χ4v) is 3.69. The number of thioether (sulfide) groups is 1. The molecule has 0 aliphatic heterocycles. The molecule has 5 aromatic rings. The molecule has 0 bridgehead atoms. The van der Waals surface area contributed by atoms with E-state index in [9.17, 15) is 4.39 Å². The normalized spacial score (nSPS) is 11.1. The van der Waals surface area contributed by atoms with Crippen molar-refractivity contribution >= 4 is 11.8 Å². The van der Waals surface area contributed by atoms with E-state index in [0.717, 1.165) is 11.3 Å². The van der Waals surface area contributed by atoms with Gasteiger partial charge in [0.05, 0.1) is 12.0 Å². The number of rotatable bonds is 6. The molecule has 5 rings (SSSR count). The molecule has 0 N–H and O–H groups in total. The lowest BCUT2D eigenvalue weighted by Gasteiger charge is -2.10. The minimum absolute atomic E-state index is 0.307. The summed E-state index contributed by atoms with van der Waals surface area (Å²) in [6, 6.07) is 19.4. The first kappa shape index (κ1) is 18.3. The summed E-state index contributed by atoms with van der Waals surface area (Å²) in [4.78, 5) is 0. The second kappa shape index (κ2) is 7.96. The van der Waals surface area contributed by atoms with Crippen LogP contribution in [-0.4, -0.2) is 25.0 Å². The maximum Gasteiger partial charge on any atom is 0.283 e. The lowest BCUT2D eigenvalue weighted by atomic mass is 10.2. The van der Waals surface area contributed by atoms with Crippen LogP contribution in [0, 0.1) is 5.82 Å². The lowest BCUT2D eigenvalue weighted by Crippen LogP contribution is -2.00. The van der Waals surface area contributed by atoms with Crippen molar-refractivity contribution in [3.63, 3.8) is 0 Å². The van der Waals surface area contributed by atoms with Gasteiger partial charge in [-0.05, 0) is 36.4 Å². The van der Waals surface area contributed by atoms with Crippen molar-refractivity contribution in [2.75, 3.05) is 0 Å². The van der Waals surface area contributed by atoms with E-state index in [1.54, 1.807) is 30.5 Å². The summed E-state index contributed by atoms with van der Waals surface area (Å²) in [5.74, 6) is 2.01. The monoisotopic (exact) mass is 419 g/mol. The highest BCUT2D eigenvalue weighted by Crippen LogP contribution is 2.30. The van der Waals surface area contributed by atoms with Crippen molar-refractivity contribution in [1.29, 1.82) is 0 Å². The Balaban J connectivity index is 1.46. The van der Waals surface area contributed by atoms with Gasteiger partial charge in [-0.1, -0.05) is 42.1 Å². The Morgan fingerprint density at radius 3 is 2.47 bits per heavy atom. The fourth-order valence-electron chi connectivity index (χ4n) is 2.90. The van der Waals surface area contributed by atoms with E-state index in [1.807, 2.05) is 34.9 Å². The van der Waals surface area contributed by atoms with Crippen LogP contribution in [0.25, 0.3) is 28.7 Å². The van der Waals surface area contributed by atoms with E-state index >= 15 is 0 Å². The highest BCUT2D eigenvalue weighted by Gasteiger charge is 2.18. The maximum atomic E-state index is 13.5. The lowest BCUT2D eigenvalue weighted by molar-refractivity contribution is 0.494. The molecule has 0 aliphatic rings. The van der Waals surface area contributed by atoms with Crippen LogP contribution in [0.3, 0.4) is 0 Å². The maximum absolute atomic E-state index is 13.5. The average Bonchev–Trinajstić information content (AvgIpc) is 3.53. The molecule has 0 spiro atoms. The minimum Gasteiger partial charge on any atom is -0.459 e. The first-order chi connectivity index (χ1) is 14.8. The van der Waals surface area contributed by atoms with Crippen LogP contribution in [0.4, 0.5) is 4.39 Å². The Labute approximate surface area is 174 Å². The molecule has 0 amide bonds. The third kappa shape index (κ3) is 3.62. The SMILES string of the molecule is Fc1ccc(-n2c(SCc3nnc(-c4ccco4)o3)nnc2-c2ccccc2)cc1. The standard InChI is InChI=1S/C21H14FN5O2S/c22-15-8-10-16(11-9-15)27-19(14-5-2-1-3-6-14)24-26-21(27)30-13-18-23-25-20(29-18)17-7-4-12-28-17/h1-12H,13H2. The molecule has 30 heavy (non-hydrogen) atoms. The molecular weight excluding hydrogens is 405 g/mol. The number of aromatic nitrogens is 5. The fraction of sp³-hybridized carbons (Fsp3) is 0.0476. The molecule has 0 saturated heterocycles. The van der Waals surface area contributed by atoms with Gasteiger partial charge >= 0.3 is 0 Å². The number of hydrogen-bond donors (Lipinski definition) is 0. The van der Waals surface area contributed by atoms with Crippen LogP contribution in [-0.2, 0) is 5.75 Å². The zero-order chi connectivity index (χ0) is 20.3. The second-order valence-corrected chi connectivity index (χ2v) is 7.19. The van der Waals surface area contributed by atoms with E-state index in [0.29, 0.717) is 34.3 Å². The van der Waals surface area contributed by atoms with Gasteiger partial charge in [0, 0.05) is 11.3 Å². The molecular formula is C21H14FN5O2S. The third-order valence-corrected chi connectivity index (χ3v) is 5.19. The van der Waals surface area contributed by atoms with Crippen molar-refractivity contribution < 1.29 is 13.2 Å². The van der Waals surface area contributed by atoms with Crippen molar-refractivity contribution in [2.45, 2.75) is 10.9 Å². The van der Waals surface area contributed by atoms with Gasteiger partial charge in [0.15, 0.2) is 16.7 Å². The van der Waals surface area contributed by atoms with Crippen molar-refractivity contribution in [3.05, 3.63) is 84.7 Å². The van der Waals surface area contributed by atoms with Crippen molar-refractivity contribution in [2.24, 2.45) is 0 Å². The summed E-state index contributed by atoms with van der Waals surface area (Å²) >= 11 is 1.39. The number of nitrogens with zero attached hydrogens (tertiary/aromatic N) is 5. The highest BCUT2D eigenvalue weighted by atomic mass is 32.2. The Hall–Kier alpha value is -3.72. The zero-order valence-electron chi connectivity index (χ0n) is 15.5. The topological polar surface area (TPSA) is 82.8 Å². The molecule has 3 heterocycles. The molecule has 0 unspecified atom stereocenters. The van der Waals surface area contributed by atoms with Crippen LogP contribution in [0.15, 0.2) is 87.0 Å². The molecule has 7 nitrogen and oxygen atoms in total. The first-order valence-electron chi connectivity index (χ1n) is 9.04. The van der Waals surface area contributed by atoms with Crippen LogP contribution < -0.4 is 0 Å². The van der Waals surface area contributed by atoms with Crippen LogP contribution in [0.2, 0.25) is 0 Å². The number of halogens is 1. The van der Waals surface area contributed by atoms with Gasteiger partial charge < -0.3 is 8.83 Å². The third-order valence-electron chi connectivity index (χ3n) is 4.27. The van der Waals surface area contributed by atoms with E-state index in [-0.39, 0.29) is 5.82 Å². The smallest absolute Gasteiger partial charge is 0.283 e. The summed E-state index contributed by atoms with van der Waals surface area (Å²) in [6.45, 7) is 0. The molecule has 9 heteroatoms. The van der Waals surface area contributed by atoms with E-state index in [2.05, 4.69) is 20.4 Å². The molecule has 148 valence electrons. The van der Waals surface area contributed by atoms with Gasteiger partial charge in [-0.2, -0.15) is 0 Å². The quantitative estimate of drug-likeness (QED) is 0.358. The van der Waals surface area contributed by atoms with E-state index < -0.39 is 0 Å². The summed E-state index contributed by atoms with van der Waals surface area (Å²) in [7, 11) is 0. The van der Waals surface area contributed by atoms with Crippen LogP contribution >= 0.6 is 11.8 Å². The molecule has 3 aromatic heterocycles. The number of benzene rings is 2. The van der Waals surface area contributed by atoms with Gasteiger partial charge in [0.25, 0.3) is 5.89 Å².